The van der Waals surface area contributed by atoms with Crippen LogP contribution in [-0.2, 0) is 0 Å². The molecule has 126 valence electrons. The summed E-state index contributed by atoms with van der Waals surface area (Å²) in [4.78, 5) is 2.44. The van der Waals surface area contributed by atoms with Gasteiger partial charge in [0.2, 0.25) is 0 Å². The quantitative estimate of drug-likeness (QED) is 0.424. The maximum atomic E-state index is 2.52. The van der Waals surface area contributed by atoms with Gasteiger partial charge in [-0.05, 0) is 37.9 Å². The van der Waals surface area contributed by atoms with Gasteiger partial charge in [-0.2, -0.15) is 0 Å². The smallest absolute Gasteiger partial charge is 0.0395 e. The summed E-state index contributed by atoms with van der Waals surface area (Å²) in [6, 6.07) is 11.6. The Bertz CT molecular complexity index is 384. The summed E-state index contributed by atoms with van der Waals surface area (Å²) in [6.07, 6.45) is 10.7. The molecule has 0 aliphatic carbocycles. The average molecular weight is 304 g/mol. The molecular weight excluding hydrogens is 266 g/mol. The van der Waals surface area contributed by atoms with Gasteiger partial charge in [-0.25, -0.2) is 0 Å². The van der Waals surface area contributed by atoms with Crippen LogP contribution in [0, 0.1) is 5.41 Å². The molecular formula is C21H37N. The van der Waals surface area contributed by atoms with Crippen LogP contribution in [0.15, 0.2) is 30.3 Å². The van der Waals surface area contributed by atoms with E-state index in [4.69, 9.17) is 0 Å². The molecule has 0 N–H and O–H groups in total. The van der Waals surface area contributed by atoms with E-state index in [2.05, 4.69) is 70.1 Å². The minimum atomic E-state index is 0.370. The molecule has 0 fully saturated rings. The van der Waals surface area contributed by atoms with E-state index in [9.17, 15) is 0 Å². The normalized spacial score (nSPS) is 15.7. The number of hydrogen-bond acceptors (Lipinski definition) is 1. The van der Waals surface area contributed by atoms with Crippen LogP contribution >= 0.6 is 0 Å². The van der Waals surface area contributed by atoms with Crippen molar-refractivity contribution in [2.24, 2.45) is 5.41 Å². The van der Waals surface area contributed by atoms with Crippen molar-refractivity contribution in [3.05, 3.63) is 35.9 Å². The summed E-state index contributed by atoms with van der Waals surface area (Å²) in [7, 11) is 4.49. The van der Waals surface area contributed by atoms with Crippen LogP contribution in [0.3, 0.4) is 0 Å². The highest BCUT2D eigenvalue weighted by Gasteiger charge is 2.35. The minimum absolute atomic E-state index is 0.370. The topological polar surface area (TPSA) is 3.24 Å². The molecule has 0 saturated heterocycles. The van der Waals surface area contributed by atoms with Gasteiger partial charge in [0.25, 0.3) is 0 Å². The zero-order valence-corrected chi connectivity index (χ0v) is 15.6. The lowest BCUT2D eigenvalue weighted by molar-refractivity contribution is 0.0919. The van der Waals surface area contributed by atoms with Crippen molar-refractivity contribution in [1.29, 1.82) is 0 Å². The van der Waals surface area contributed by atoms with Crippen LogP contribution in [0.1, 0.15) is 83.7 Å². The molecule has 0 amide bonds. The van der Waals surface area contributed by atoms with Gasteiger partial charge in [0.15, 0.2) is 0 Å². The van der Waals surface area contributed by atoms with E-state index in [0.29, 0.717) is 11.5 Å². The van der Waals surface area contributed by atoms with E-state index in [1.807, 2.05) is 0 Å². The van der Waals surface area contributed by atoms with E-state index < -0.39 is 0 Å². The van der Waals surface area contributed by atoms with Gasteiger partial charge in [0.05, 0.1) is 0 Å². The van der Waals surface area contributed by atoms with Crippen molar-refractivity contribution >= 4 is 0 Å². The molecule has 0 aliphatic rings. The summed E-state index contributed by atoms with van der Waals surface area (Å²) in [5.74, 6) is 0. The zero-order chi connectivity index (χ0) is 16.4. The van der Waals surface area contributed by atoms with Gasteiger partial charge >= 0.3 is 0 Å². The van der Waals surface area contributed by atoms with Gasteiger partial charge in [-0.15, -0.1) is 0 Å². The molecule has 0 heterocycles. The van der Waals surface area contributed by atoms with Crippen LogP contribution < -0.4 is 0 Å². The Labute approximate surface area is 139 Å². The Morgan fingerprint density at radius 3 is 2.00 bits per heavy atom. The fourth-order valence-electron chi connectivity index (χ4n) is 3.89. The molecule has 0 saturated carbocycles. The summed E-state index contributed by atoms with van der Waals surface area (Å²) in [5.41, 5.74) is 1.84. The highest BCUT2D eigenvalue weighted by molar-refractivity contribution is 5.21. The van der Waals surface area contributed by atoms with Gasteiger partial charge in [0.1, 0.15) is 0 Å². The Balaban J connectivity index is 2.93. The van der Waals surface area contributed by atoms with Crippen LogP contribution in [0.2, 0.25) is 0 Å². The predicted octanol–water partition coefficient (Wildman–Crippen LogP) is 6.46. The Hall–Kier alpha value is -0.820. The third-order valence-corrected chi connectivity index (χ3v) is 4.99. The molecule has 2 atom stereocenters. The summed E-state index contributed by atoms with van der Waals surface area (Å²) < 4.78 is 0. The number of unbranched alkanes of at least 4 members (excludes halogenated alkanes) is 4. The maximum absolute atomic E-state index is 2.52. The first-order valence-corrected chi connectivity index (χ1v) is 9.26. The van der Waals surface area contributed by atoms with Crippen molar-refractivity contribution in [2.75, 3.05) is 14.1 Å². The van der Waals surface area contributed by atoms with Crippen molar-refractivity contribution in [1.82, 2.24) is 4.90 Å². The Morgan fingerprint density at radius 2 is 1.45 bits per heavy atom. The van der Waals surface area contributed by atoms with Crippen LogP contribution in [0.25, 0.3) is 0 Å². The van der Waals surface area contributed by atoms with Crippen LogP contribution in [0.4, 0.5) is 0 Å². The number of hydrogen-bond donors (Lipinski definition) is 0. The molecule has 1 nitrogen and oxygen atoms in total. The molecule has 0 aliphatic heterocycles. The molecule has 0 aromatic heterocycles. The van der Waals surface area contributed by atoms with Crippen molar-refractivity contribution < 1.29 is 0 Å². The average Bonchev–Trinajstić information content (AvgIpc) is 2.50. The molecule has 1 aromatic carbocycles. The number of benzene rings is 1. The largest absolute Gasteiger partial charge is 0.302 e. The number of rotatable bonds is 11. The van der Waals surface area contributed by atoms with E-state index in [1.54, 1.807) is 0 Å². The first-order valence-electron chi connectivity index (χ1n) is 9.26. The van der Waals surface area contributed by atoms with Crippen molar-refractivity contribution in [2.45, 2.75) is 78.2 Å². The minimum Gasteiger partial charge on any atom is -0.302 e. The molecule has 22 heavy (non-hydrogen) atoms. The van der Waals surface area contributed by atoms with E-state index >= 15 is 0 Å². The van der Waals surface area contributed by atoms with E-state index in [0.717, 1.165) is 0 Å². The van der Waals surface area contributed by atoms with Crippen molar-refractivity contribution in [3.8, 4) is 0 Å². The van der Waals surface area contributed by atoms with E-state index in [-0.39, 0.29) is 0 Å². The number of nitrogens with zero attached hydrogens (tertiary/aromatic N) is 1. The van der Waals surface area contributed by atoms with Gasteiger partial charge in [-0.3, -0.25) is 0 Å². The summed E-state index contributed by atoms with van der Waals surface area (Å²) >= 11 is 0. The summed E-state index contributed by atoms with van der Waals surface area (Å²) in [5, 5.41) is 0. The maximum Gasteiger partial charge on any atom is 0.0395 e. The fraction of sp³-hybridized carbons (Fsp3) is 0.714. The predicted molar refractivity (Wildman–Crippen MR) is 99.3 cm³/mol. The highest BCUT2D eigenvalue weighted by atomic mass is 15.1. The lowest BCUT2D eigenvalue weighted by atomic mass is 9.71. The van der Waals surface area contributed by atoms with Gasteiger partial charge in [0, 0.05) is 6.04 Å². The SMILES string of the molecule is CCCCCCC(C)(CCCC)[C@@H](c1ccccc1)N(C)C. The molecule has 1 heteroatoms. The van der Waals surface area contributed by atoms with E-state index in [1.165, 1.54) is 56.9 Å². The highest BCUT2D eigenvalue weighted by Crippen LogP contribution is 2.45. The monoisotopic (exact) mass is 303 g/mol. The second kappa shape index (κ2) is 10.0. The first kappa shape index (κ1) is 19.2. The van der Waals surface area contributed by atoms with Crippen LogP contribution in [0.5, 0.6) is 0 Å². The zero-order valence-electron chi connectivity index (χ0n) is 15.6. The lowest BCUT2D eigenvalue weighted by Crippen LogP contribution is -2.36. The fourth-order valence-corrected chi connectivity index (χ4v) is 3.89. The standard InChI is InChI=1S/C21H37N/c1-6-8-10-14-18-21(3,17-9-7-2)20(22(4)5)19-15-12-11-13-16-19/h11-13,15-16,20H,6-10,14,17-18H2,1-5H3/t20-,21?/m1/s1. The second-order valence-electron chi connectivity index (χ2n) is 7.35. The molecule has 1 unspecified atom stereocenters. The molecule has 1 aromatic rings. The molecule has 0 bridgehead atoms. The third-order valence-electron chi connectivity index (χ3n) is 4.99. The van der Waals surface area contributed by atoms with Crippen molar-refractivity contribution in [3.63, 3.8) is 0 Å². The van der Waals surface area contributed by atoms with Crippen LogP contribution in [-0.4, -0.2) is 19.0 Å². The summed E-state index contributed by atoms with van der Waals surface area (Å²) in [6.45, 7) is 7.12. The molecule has 0 spiro atoms. The van der Waals surface area contributed by atoms with Gasteiger partial charge in [-0.1, -0.05) is 89.6 Å². The molecule has 0 radical (unpaired) electrons. The Morgan fingerprint density at radius 1 is 0.864 bits per heavy atom. The lowest BCUT2D eigenvalue weighted by Gasteiger charge is -2.42. The Kier molecular flexibility index (Phi) is 8.78. The second-order valence-corrected chi connectivity index (χ2v) is 7.35. The van der Waals surface area contributed by atoms with Gasteiger partial charge < -0.3 is 4.90 Å². The molecule has 1 rings (SSSR count). The first-order chi connectivity index (χ1) is 10.5. The third kappa shape index (κ3) is 5.76.